The third-order valence-electron chi connectivity index (χ3n) is 2.90. The molecule has 130 valence electrons. The van der Waals surface area contributed by atoms with Crippen molar-refractivity contribution in [2.24, 2.45) is 0 Å². The quantitative estimate of drug-likeness (QED) is 0.658. The molecule has 2 N–H and O–H groups in total. The number of thioether (sulfide) groups is 1. The summed E-state index contributed by atoms with van der Waals surface area (Å²) in [6.45, 7) is 2.39. The molecule has 2 rings (SSSR count). The van der Waals surface area contributed by atoms with Crippen LogP contribution in [0.25, 0.3) is 0 Å². The van der Waals surface area contributed by atoms with Gasteiger partial charge in [-0.3, -0.25) is 4.79 Å². The normalized spacial score (nSPS) is 11.8. The second kappa shape index (κ2) is 9.45. The molecule has 1 heterocycles. The Kier molecular flexibility index (Phi) is 7.29. The molecule has 0 spiro atoms. The predicted molar refractivity (Wildman–Crippen MR) is 96.4 cm³/mol. The zero-order valence-corrected chi connectivity index (χ0v) is 15.4. The molecule has 24 heavy (non-hydrogen) atoms. The number of carbonyl (C=O) groups is 1. The first-order valence-corrected chi connectivity index (χ1v) is 9.06. The zero-order chi connectivity index (χ0) is 17.4. The van der Waals surface area contributed by atoms with E-state index in [1.165, 1.54) is 23.1 Å². The maximum absolute atomic E-state index is 11.8. The van der Waals surface area contributed by atoms with E-state index in [1.54, 1.807) is 14.2 Å². The van der Waals surface area contributed by atoms with Crippen LogP contribution >= 0.6 is 23.1 Å². The third-order valence-corrected chi connectivity index (χ3v) is 4.87. The van der Waals surface area contributed by atoms with E-state index < -0.39 is 0 Å². The lowest BCUT2D eigenvalue weighted by Gasteiger charge is -2.11. The lowest BCUT2D eigenvalue weighted by atomic mass is 10.3. The Morgan fingerprint density at radius 3 is 2.71 bits per heavy atom. The first-order valence-electron chi connectivity index (χ1n) is 7.26. The Bertz CT molecular complexity index is 648. The average Bonchev–Trinajstić information content (AvgIpc) is 3.01. The van der Waals surface area contributed by atoms with Gasteiger partial charge in [-0.15, -0.1) is 10.2 Å². The molecule has 0 unspecified atom stereocenters. The molecule has 2 aromatic rings. The highest BCUT2D eigenvalue weighted by atomic mass is 32.2. The summed E-state index contributed by atoms with van der Waals surface area (Å²) in [6.07, 6.45) is 0. The van der Waals surface area contributed by atoms with Gasteiger partial charge in [-0.2, -0.15) is 0 Å². The van der Waals surface area contributed by atoms with Crippen LogP contribution in [0.3, 0.4) is 0 Å². The molecule has 0 aliphatic carbocycles. The van der Waals surface area contributed by atoms with Crippen LogP contribution in [-0.2, 0) is 9.53 Å². The van der Waals surface area contributed by atoms with Gasteiger partial charge in [0.25, 0.3) is 0 Å². The first kappa shape index (κ1) is 18.5. The highest BCUT2D eigenvalue weighted by molar-refractivity contribution is 8.01. The van der Waals surface area contributed by atoms with E-state index in [9.17, 15) is 4.79 Å². The van der Waals surface area contributed by atoms with Gasteiger partial charge in [0.05, 0.1) is 19.5 Å². The minimum absolute atomic E-state index is 0.00943. The maximum atomic E-state index is 11.8. The fourth-order valence-electron chi connectivity index (χ4n) is 1.85. The van der Waals surface area contributed by atoms with Crippen molar-refractivity contribution in [3.05, 3.63) is 24.3 Å². The summed E-state index contributed by atoms with van der Waals surface area (Å²) in [4.78, 5) is 11.8. The van der Waals surface area contributed by atoms with Gasteiger partial charge in [0, 0.05) is 18.8 Å². The van der Waals surface area contributed by atoms with E-state index in [0.717, 1.165) is 15.8 Å². The molecule has 1 aromatic carbocycles. The lowest BCUT2D eigenvalue weighted by Crippen LogP contribution is -2.36. The summed E-state index contributed by atoms with van der Waals surface area (Å²) in [7, 11) is 3.23. The number of aromatic nitrogens is 2. The highest BCUT2D eigenvalue weighted by Crippen LogP contribution is 2.28. The fourth-order valence-corrected chi connectivity index (χ4v) is 3.44. The topological polar surface area (TPSA) is 85.4 Å². The van der Waals surface area contributed by atoms with Crippen LogP contribution in [0.2, 0.25) is 0 Å². The molecule has 0 aliphatic heterocycles. The molecule has 0 aliphatic rings. The number of amides is 1. The minimum atomic E-state index is -0.0515. The maximum Gasteiger partial charge on any atom is 0.230 e. The zero-order valence-electron chi connectivity index (χ0n) is 13.7. The number of hydrogen-bond acceptors (Lipinski definition) is 8. The second-order valence-electron chi connectivity index (χ2n) is 4.94. The highest BCUT2D eigenvalue weighted by Gasteiger charge is 2.10. The largest absolute Gasteiger partial charge is 0.497 e. The van der Waals surface area contributed by atoms with Gasteiger partial charge in [-0.25, -0.2) is 0 Å². The van der Waals surface area contributed by atoms with Gasteiger partial charge < -0.3 is 20.1 Å². The van der Waals surface area contributed by atoms with Crippen molar-refractivity contribution in [2.45, 2.75) is 17.3 Å². The Morgan fingerprint density at radius 1 is 1.29 bits per heavy atom. The van der Waals surface area contributed by atoms with Crippen LogP contribution in [0.5, 0.6) is 5.75 Å². The summed E-state index contributed by atoms with van der Waals surface area (Å²) >= 11 is 2.76. The Balaban J connectivity index is 1.81. The van der Waals surface area contributed by atoms with Crippen LogP contribution in [0, 0.1) is 0 Å². The van der Waals surface area contributed by atoms with E-state index in [0.29, 0.717) is 17.5 Å². The fraction of sp³-hybridized carbons (Fsp3) is 0.400. The Hall–Kier alpha value is -1.84. The van der Waals surface area contributed by atoms with Gasteiger partial charge >= 0.3 is 0 Å². The van der Waals surface area contributed by atoms with Crippen molar-refractivity contribution < 1.29 is 14.3 Å². The number of hydrogen-bond donors (Lipinski definition) is 2. The van der Waals surface area contributed by atoms with Crippen molar-refractivity contribution in [1.29, 1.82) is 0 Å². The van der Waals surface area contributed by atoms with Crippen molar-refractivity contribution >= 4 is 39.8 Å². The SMILES string of the molecule is COC[C@H](C)NC(=O)CSc1nnc(Nc2ccc(OC)cc2)s1. The molecule has 0 bridgehead atoms. The van der Waals surface area contributed by atoms with Crippen LogP contribution < -0.4 is 15.4 Å². The number of anilines is 2. The number of carbonyl (C=O) groups excluding carboxylic acids is 1. The second-order valence-corrected chi connectivity index (χ2v) is 7.14. The Morgan fingerprint density at radius 2 is 2.04 bits per heavy atom. The van der Waals surface area contributed by atoms with Crippen LogP contribution in [0.4, 0.5) is 10.8 Å². The van der Waals surface area contributed by atoms with Gasteiger partial charge in [0.15, 0.2) is 4.34 Å². The molecular weight excluding hydrogens is 348 g/mol. The molecule has 7 nitrogen and oxygen atoms in total. The Labute approximate surface area is 149 Å². The summed E-state index contributed by atoms with van der Waals surface area (Å²) in [6, 6.07) is 7.52. The number of methoxy groups -OCH3 is 2. The standard InChI is InChI=1S/C15H20N4O3S2/c1-10(8-21-2)16-13(20)9-23-15-19-18-14(24-15)17-11-4-6-12(22-3)7-5-11/h4-7,10H,8-9H2,1-3H3,(H,16,20)(H,17,18)/t10-/m0/s1. The van der Waals surface area contributed by atoms with Crippen LogP contribution in [-0.4, -0.2) is 48.7 Å². The third kappa shape index (κ3) is 5.99. The van der Waals surface area contributed by atoms with Gasteiger partial charge in [0.1, 0.15) is 5.75 Å². The van der Waals surface area contributed by atoms with Crippen molar-refractivity contribution in [2.75, 3.05) is 31.9 Å². The van der Waals surface area contributed by atoms with E-state index in [-0.39, 0.29) is 11.9 Å². The molecule has 0 saturated heterocycles. The number of nitrogens with one attached hydrogen (secondary N) is 2. The van der Waals surface area contributed by atoms with Crippen LogP contribution in [0.15, 0.2) is 28.6 Å². The summed E-state index contributed by atoms with van der Waals surface area (Å²) in [5.41, 5.74) is 0.898. The van der Waals surface area contributed by atoms with Crippen molar-refractivity contribution in [3.8, 4) is 5.75 Å². The van der Waals surface area contributed by atoms with E-state index in [4.69, 9.17) is 9.47 Å². The molecule has 1 amide bonds. The number of ether oxygens (including phenoxy) is 2. The number of benzene rings is 1. The lowest BCUT2D eigenvalue weighted by molar-refractivity contribution is -0.119. The van der Waals surface area contributed by atoms with Gasteiger partial charge in [0.2, 0.25) is 11.0 Å². The average molecular weight is 368 g/mol. The minimum Gasteiger partial charge on any atom is -0.497 e. The van der Waals surface area contributed by atoms with E-state index >= 15 is 0 Å². The van der Waals surface area contributed by atoms with E-state index in [1.807, 2.05) is 31.2 Å². The summed E-state index contributed by atoms with van der Waals surface area (Å²) in [5, 5.41) is 14.8. The van der Waals surface area contributed by atoms with Crippen molar-refractivity contribution in [1.82, 2.24) is 15.5 Å². The van der Waals surface area contributed by atoms with Gasteiger partial charge in [-0.05, 0) is 31.2 Å². The monoisotopic (exact) mass is 368 g/mol. The summed E-state index contributed by atoms with van der Waals surface area (Å²) in [5.74, 6) is 1.04. The molecule has 9 heteroatoms. The molecule has 0 radical (unpaired) electrons. The van der Waals surface area contributed by atoms with Crippen LogP contribution in [0.1, 0.15) is 6.92 Å². The predicted octanol–water partition coefficient (Wildman–Crippen LogP) is 2.53. The molecule has 1 atom stereocenters. The number of rotatable bonds is 9. The molecular formula is C15H20N4O3S2. The van der Waals surface area contributed by atoms with Gasteiger partial charge in [-0.1, -0.05) is 23.1 Å². The first-order chi connectivity index (χ1) is 11.6. The smallest absolute Gasteiger partial charge is 0.230 e. The molecule has 0 saturated carbocycles. The molecule has 1 aromatic heterocycles. The van der Waals surface area contributed by atoms with Crippen molar-refractivity contribution in [3.63, 3.8) is 0 Å². The summed E-state index contributed by atoms with van der Waals surface area (Å²) < 4.78 is 10.8. The number of nitrogens with zero attached hydrogens (tertiary/aromatic N) is 2. The van der Waals surface area contributed by atoms with E-state index in [2.05, 4.69) is 20.8 Å². The molecule has 0 fully saturated rings.